The van der Waals surface area contributed by atoms with Crippen molar-refractivity contribution in [2.45, 2.75) is 51.2 Å². The van der Waals surface area contributed by atoms with Gasteiger partial charge in [0.05, 0.1) is 0 Å². The van der Waals surface area contributed by atoms with Gasteiger partial charge < -0.3 is 24.8 Å². The van der Waals surface area contributed by atoms with Gasteiger partial charge in [0, 0.05) is 19.5 Å². The highest BCUT2D eigenvalue weighted by molar-refractivity contribution is 5.81. The van der Waals surface area contributed by atoms with Gasteiger partial charge in [-0.15, -0.1) is 0 Å². The highest BCUT2D eigenvalue weighted by Gasteiger charge is 2.30. The standard InChI is InChI=1S/C26H32N2O6/c1-26(2,3)34-25(32)28(4)15-9-14-22(23(29)30)27-24(31)33-16-21-19-12-7-5-10-17(19)18-11-6-8-13-20(18)21/h5-8,10-13,21-22H,9,14-16H2,1-4H3,(H,27,31)(H,29,30)/t22-/m1/s1. The van der Waals surface area contributed by atoms with E-state index in [2.05, 4.69) is 5.32 Å². The first-order valence-corrected chi connectivity index (χ1v) is 11.3. The molecule has 3 rings (SSSR count). The summed E-state index contributed by atoms with van der Waals surface area (Å²) in [7, 11) is 1.59. The number of rotatable bonds is 8. The maximum atomic E-state index is 12.4. The Morgan fingerprint density at radius 2 is 1.59 bits per heavy atom. The third-order valence-electron chi connectivity index (χ3n) is 5.63. The molecule has 0 unspecified atom stereocenters. The van der Waals surface area contributed by atoms with Crippen molar-refractivity contribution in [3.05, 3.63) is 59.7 Å². The molecule has 0 saturated carbocycles. The average molecular weight is 469 g/mol. The molecule has 0 spiro atoms. The van der Waals surface area contributed by atoms with Crippen LogP contribution in [0.5, 0.6) is 0 Å². The number of carbonyl (C=O) groups excluding carboxylic acids is 2. The molecule has 0 aromatic heterocycles. The molecule has 2 amide bonds. The van der Waals surface area contributed by atoms with E-state index < -0.39 is 29.8 Å². The van der Waals surface area contributed by atoms with Gasteiger partial charge in [-0.25, -0.2) is 14.4 Å². The van der Waals surface area contributed by atoms with Crippen molar-refractivity contribution in [2.24, 2.45) is 0 Å². The normalized spacial score (nSPS) is 13.4. The lowest BCUT2D eigenvalue weighted by atomic mass is 9.98. The van der Waals surface area contributed by atoms with Crippen molar-refractivity contribution in [3.63, 3.8) is 0 Å². The van der Waals surface area contributed by atoms with Crippen LogP contribution in [0.15, 0.2) is 48.5 Å². The maximum Gasteiger partial charge on any atom is 0.410 e. The molecule has 0 radical (unpaired) electrons. The molecule has 0 fully saturated rings. The van der Waals surface area contributed by atoms with E-state index in [4.69, 9.17) is 9.47 Å². The number of fused-ring (bicyclic) bond motifs is 3. The summed E-state index contributed by atoms with van der Waals surface area (Å²) in [6.45, 7) is 5.73. The van der Waals surface area contributed by atoms with Gasteiger partial charge >= 0.3 is 18.2 Å². The minimum absolute atomic E-state index is 0.105. The zero-order valence-electron chi connectivity index (χ0n) is 20.0. The molecule has 34 heavy (non-hydrogen) atoms. The number of carbonyl (C=O) groups is 3. The lowest BCUT2D eigenvalue weighted by molar-refractivity contribution is -0.139. The molecule has 182 valence electrons. The molecule has 0 heterocycles. The fourth-order valence-corrected chi connectivity index (χ4v) is 4.00. The number of amides is 2. The van der Waals surface area contributed by atoms with Gasteiger partial charge in [0.25, 0.3) is 0 Å². The number of hydrogen-bond acceptors (Lipinski definition) is 5. The summed E-state index contributed by atoms with van der Waals surface area (Å²) in [5.74, 6) is -1.27. The van der Waals surface area contributed by atoms with Gasteiger partial charge in [-0.05, 0) is 55.9 Å². The van der Waals surface area contributed by atoms with Crippen LogP contribution in [0.1, 0.15) is 50.7 Å². The number of hydrogen-bond donors (Lipinski definition) is 2. The topological polar surface area (TPSA) is 105 Å². The molecule has 8 nitrogen and oxygen atoms in total. The second kappa shape index (κ2) is 10.6. The summed E-state index contributed by atoms with van der Waals surface area (Å²) >= 11 is 0. The van der Waals surface area contributed by atoms with Crippen LogP contribution >= 0.6 is 0 Å². The summed E-state index contributed by atoms with van der Waals surface area (Å²) < 4.78 is 10.7. The van der Waals surface area contributed by atoms with Gasteiger partial charge in [0.1, 0.15) is 18.2 Å². The number of alkyl carbamates (subject to hydrolysis) is 1. The summed E-state index contributed by atoms with van der Waals surface area (Å²) in [5.41, 5.74) is 3.78. The van der Waals surface area contributed by atoms with Crippen LogP contribution in [0, 0.1) is 0 Å². The third-order valence-corrected chi connectivity index (χ3v) is 5.63. The first-order valence-electron chi connectivity index (χ1n) is 11.3. The van der Waals surface area contributed by atoms with Crippen LogP contribution in [0.3, 0.4) is 0 Å². The van der Waals surface area contributed by atoms with Gasteiger partial charge in [-0.2, -0.15) is 0 Å². The molecule has 0 saturated heterocycles. The number of nitrogens with one attached hydrogen (secondary N) is 1. The minimum Gasteiger partial charge on any atom is -0.480 e. The van der Waals surface area contributed by atoms with Crippen molar-refractivity contribution in [2.75, 3.05) is 20.2 Å². The highest BCUT2D eigenvalue weighted by atomic mass is 16.6. The van der Waals surface area contributed by atoms with Crippen LogP contribution in [-0.4, -0.2) is 60.0 Å². The highest BCUT2D eigenvalue weighted by Crippen LogP contribution is 2.44. The largest absolute Gasteiger partial charge is 0.480 e. The zero-order chi connectivity index (χ0) is 24.9. The molecule has 2 aromatic rings. The zero-order valence-corrected chi connectivity index (χ0v) is 20.0. The Morgan fingerprint density at radius 1 is 1.03 bits per heavy atom. The number of aliphatic carboxylic acids is 1. The minimum atomic E-state index is -1.16. The SMILES string of the molecule is CN(CCC[C@@H](NC(=O)OCC1c2ccccc2-c2ccccc21)C(=O)O)C(=O)OC(C)(C)C. The number of ether oxygens (including phenoxy) is 2. The summed E-state index contributed by atoms with van der Waals surface area (Å²) in [6.07, 6.45) is -0.748. The second-order valence-corrected chi connectivity index (χ2v) is 9.40. The molecular weight excluding hydrogens is 436 g/mol. The molecule has 0 aliphatic heterocycles. The van der Waals surface area contributed by atoms with Crippen LogP contribution in [-0.2, 0) is 14.3 Å². The molecule has 2 N–H and O–H groups in total. The first-order chi connectivity index (χ1) is 16.1. The van der Waals surface area contributed by atoms with E-state index in [9.17, 15) is 19.5 Å². The van der Waals surface area contributed by atoms with Crippen molar-refractivity contribution in [1.82, 2.24) is 10.2 Å². The average Bonchev–Trinajstić information content (AvgIpc) is 3.09. The van der Waals surface area contributed by atoms with E-state index in [0.29, 0.717) is 13.0 Å². The molecule has 2 aromatic carbocycles. The van der Waals surface area contributed by atoms with Crippen molar-refractivity contribution < 1.29 is 29.0 Å². The van der Waals surface area contributed by atoms with E-state index in [1.807, 2.05) is 48.5 Å². The Labute approximate surface area is 199 Å². The van der Waals surface area contributed by atoms with E-state index in [-0.39, 0.29) is 18.9 Å². The Balaban J connectivity index is 1.52. The van der Waals surface area contributed by atoms with Gasteiger partial charge in [0.15, 0.2) is 0 Å². The Hall–Kier alpha value is -3.55. The van der Waals surface area contributed by atoms with E-state index >= 15 is 0 Å². The van der Waals surface area contributed by atoms with E-state index in [1.165, 1.54) is 4.90 Å². The van der Waals surface area contributed by atoms with Crippen LogP contribution in [0.4, 0.5) is 9.59 Å². The lowest BCUT2D eigenvalue weighted by Crippen LogP contribution is -2.42. The number of nitrogens with zero attached hydrogens (tertiary/aromatic N) is 1. The molecule has 8 heteroatoms. The monoisotopic (exact) mass is 468 g/mol. The quantitative estimate of drug-likeness (QED) is 0.585. The number of carboxylic acid groups (broad SMARTS) is 1. The van der Waals surface area contributed by atoms with Crippen molar-refractivity contribution in [3.8, 4) is 11.1 Å². The summed E-state index contributed by atoms with van der Waals surface area (Å²) in [4.78, 5) is 37.5. The lowest BCUT2D eigenvalue weighted by Gasteiger charge is -2.25. The van der Waals surface area contributed by atoms with Gasteiger partial charge in [-0.1, -0.05) is 48.5 Å². The van der Waals surface area contributed by atoms with Crippen molar-refractivity contribution in [1.29, 1.82) is 0 Å². The molecular formula is C26H32N2O6. The Kier molecular flexibility index (Phi) is 7.81. The fraction of sp³-hybridized carbons (Fsp3) is 0.423. The molecule has 1 atom stereocenters. The summed E-state index contributed by atoms with van der Waals surface area (Å²) in [5, 5.41) is 11.9. The Morgan fingerprint density at radius 3 is 2.12 bits per heavy atom. The van der Waals surface area contributed by atoms with E-state index in [1.54, 1.807) is 27.8 Å². The number of carboxylic acids is 1. The molecule has 1 aliphatic carbocycles. The Bertz CT molecular complexity index is 1000. The van der Waals surface area contributed by atoms with Gasteiger partial charge in [0.2, 0.25) is 0 Å². The predicted molar refractivity (Wildman–Crippen MR) is 128 cm³/mol. The third kappa shape index (κ3) is 6.27. The van der Waals surface area contributed by atoms with Crippen LogP contribution in [0.2, 0.25) is 0 Å². The predicted octanol–water partition coefficient (Wildman–Crippen LogP) is 4.63. The van der Waals surface area contributed by atoms with E-state index in [0.717, 1.165) is 22.3 Å². The smallest absolute Gasteiger partial charge is 0.410 e. The maximum absolute atomic E-state index is 12.4. The number of benzene rings is 2. The molecule has 1 aliphatic rings. The second-order valence-electron chi connectivity index (χ2n) is 9.40. The van der Waals surface area contributed by atoms with Crippen LogP contribution in [0.25, 0.3) is 11.1 Å². The molecule has 0 bridgehead atoms. The van der Waals surface area contributed by atoms with Crippen LogP contribution < -0.4 is 5.32 Å². The first kappa shape index (κ1) is 25.1. The fourth-order valence-electron chi connectivity index (χ4n) is 4.00. The van der Waals surface area contributed by atoms with Crippen molar-refractivity contribution >= 4 is 18.2 Å². The van der Waals surface area contributed by atoms with Gasteiger partial charge in [-0.3, -0.25) is 0 Å². The summed E-state index contributed by atoms with van der Waals surface area (Å²) in [6, 6.07) is 14.9.